The summed E-state index contributed by atoms with van der Waals surface area (Å²) in [4.78, 5) is 15.6. The van der Waals surface area contributed by atoms with Crippen LogP contribution >= 0.6 is 0 Å². The minimum atomic E-state index is -1.29. The number of aromatic nitrogens is 8. The second-order valence-corrected chi connectivity index (χ2v) is 11.1. The van der Waals surface area contributed by atoms with Gasteiger partial charge in [0.2, 0.25) is 11.8 Å². The summed E-state index contributed by atoms with van der Waals surface area (Å²) in [6.07, 6.45) is -1.34. The number of benzene rings is 2. The summed E-state index contributed by atoms with van der Waals surface area (Å²) >= 11 is 0. The SMILES string of the molecule is Cn1nnc([C@H]2O[C@@H](n3cnc4c(NCC(c5ccccc5)c5ccccc5)nc(NC5CCOCC5)nc43)[C@H](O)[C@@H]2O)n1. The summed E-state index contributed by atoms with van der Waals surface area (Å²) in [6, 6.07) is 20.8. The fourth-order valence-corrected chi connectivity index (χ4v) is 5.83. The van der Waals surface area contributed by atoms with E-state index in [4.69, 9.17) is 19.4 Å². The summed E-state index contributed by atoms with van der Waals surface area (Å²) in [6.45, 7) is 1.87. The zero-order valence-electron chi connectivity index (χ0n) is 24.1. The lowest BCUT2D eigenvalue weighted by Crippen LogP contribution is -2.30. The maximum atomic E-state index is 11.1. The van der Waals surface area contributed by atoms with E-state index in [0.717, 1.165) is 12.8 Å². The highest BCUT2D eigenvalue weighted by atomic mass is 16.6. The van der Waals surface area contributed by atoms with Crippen molar-refractivity contribution in [3.63, 3.8) is 0 Å². The van der Waals surface area contributed by atoms with Crippen molar-refractivity contribution in [1.29, 1.82) is 0 Å². The van der Waals surface area contributed by atoms with Crippen molar-refractivity contribution in [3.05, 3.63) is 83.9 Å². The van der Waals surface area contributed by atoms with Crippen LogP contribution in [0.3, 0.4) is 0 Å². The molecule has 0 bridgehead atoms. The van der Waals surface area contributed by atoms with Crippen LogP contribution in [0.15, 0.2) is 67.0 Å². The number of aryl methyl sites for hydroxylation is 1. The summed E-state index contributed by atoms with van der Waals surface area (Å²) in [5, 5.41) is 40.9. The Balaban J connectivity index is 1.24. The number of hydrogen-bond donors (Lipinski definition) is 4. The highest BCUT2D eigenvalue weighted by Crippen LogP contribution is 2.39. The molecule has 14 nitrogen and oxygen atoms in total. The summed E-state index contributed by atoms with van der Waals surface area (Å²) in [5.74, 6) is 1.19. The molecule has 0 radical (unpaired) electrons. The van der Waals surface area contributed by atoms with Crippen molar-refractivity contribution in [2.24, 2.45) is 7.05 Å². The van der Waals surface area contributed by atoms with Crippen molar-refractivity contribution in [2.75, 3.05) is 30.4 Å². The molecule has 14 heteroatoms. The third-order valence-electron chi connectivity index (χ3n) is 8.14. The van der Waals surface area contributed by atoms with Gasteiger partial charge in [0, 0.05) is 31.7 Å². The molecule has 2 aromatic carbocycles. The van der Waals surface area contributed by atoms with Crippen LogP contribution in [-0.2, 0) is 16.5 Å². The first-order valence-corrected chi connectivity index (χ1v) is 14.7. The monoisotopic (exact) mass is 598 g/mol. The van der Waals surface area contributed by atoms with Crippen molar-refractivity contribution in [1.82, 2.24) is 39.7 Å². The zero-order chi connectivity index (χ0) is 30.0. The molecule has 0 spiro atoms. The standard InChI is InChI=1S/C30H34N10O4/c1-39-37-27(36-38-39)25-23(41)24(42)29(44-25)40-17-32-22-26(34-30(35-28(22)40)33-20-12-14-43-15-13-20)31-16-21(18-8-4-2-5-9-18)19-10-6-3-7-11-19/h2-11,17,20-21,23-25,29,41-42H,12-16H2,1H3,(H2,31,33,34,35)/t23-,24+,25-,29+/m0/s1. The third kappa shape index (κ3) is 5.59. The molecule has 2 saturated heterocycles. The van der Waals surface area contributed by atoms with Crippen LogP contribution in [-0.4, -0.2) is 87.9 Å². The van der Waals surface area contributed by atoms with Crippen LogP contribution in [0.2, 0.25) is 0 Å². The predicted molar refractivity (Wildman–Crippen MR) is 160 cm³/mol. The minimum absolute atomic E-state index is 0.0479. The average molecular weight is 599 g/mol. The Labute approximate surface area is 253 Å². The number of anilines is 2. The Morgan fingerprint density at radius 1 is 0.955 bits per heavy atom. The van der Waals surface area contributed by atoms with E-state index in [1.807, 2.05) is 36.4 Å². The Morgan fingerprint density at radius 2 is 1.66 bits per heavy atom. The van der Waals surface area contributed by atoms with Gasteiger partial charge in [-0.2, -0.15) is 14.8 Å². The van der Waals surface area contributed by atoms with Gasteiger partial charge in [0.15, 0.2) is 29.3 Å². The maximum absolute atomic E-state index is 11.1. The van der Waals surface area contributed by atoms with Crippen molar-refractivity contribution >= 4 is 22.9 Å². The number of rotatable bonds is 9. The lowest BCUT2D eigenvalue weighted by atomic mass is 9.91. The highest BCUT2D eigenvalue weighted by molar-refractivity contribution is 5.84. The van der Waals surface area contributed by atoms with Crippen molar-refractivity contribution in [2.45, 2.75) is 49.3 Å². The van der Waals surface area contributed by atoms with Crippen LogP contribution in [0.1, 0.15) is 48.0 Å². The van der Waals surface area contributed by atoms with Gasteiger partial charge in [-0.05, 0) is 29.2 Å². The Kier molecular flexibility index (Phi) is 7.87. The van der Waals surface area contributed by atoms with Gasteiger partial charge in [-0.3, -0.25) is 4.57 Å². The number of ether oxygens (including phenoxy) is 2. The molecule has 228 valence electrons. The zero-order valence-corrected chi connectivity index (χ0v) is 24.1. The van der Waals surface area contributed by atoms with E-state index < -0.39 is 24.5 Å². The number of imidazole rings is 1. The number of aliphatic hydroxyl groups is 2. The molecule has 4 atom stereocenters. The number of nitrogens with zero attached hydrogens (tertiary/aromatic N) is 8. The van der Waals surface area contributed by atoms with Crippen LogP contribution < -0.4 is 10.6 Å². The molecule has 0 unspecified atom stereocenters. The molecule has 7 rings (SSSR count). The molecule has 2 fully saturated rings. The van der Waals surface area contributed by atoms with E-state index in [1.54, 1.807) is 17.9 Å². The maximum Gasteiger partial charge on any atom is 0.227 e. The van der Waals surface area contributed by atoms with E-state index in [0.29, 0.717) is 42.7 Å². The smallest absolute Gasteiger partial charge is 0.227 e. The third-order valence-corrected chi connectivity index (χ3v) is 8.14. The lowest BCUT2D eigenvalue weighted by molar-refractivity contribution is -0.0384. The number of hydrogen-bond acceptors (Lipinski definition) is 12. The van der Waals surface area contributed by atoms with Crippen LogP contribution in [0.25, 0.3) is 11.2 Å². The van der Waals surface area contributed by atoms with E-state index in [1.165, 1.54) is 15.9 Å². The first kappa shape index (κ1) is 28.3. The van der Waals surface area contributed by atoms with E-state index >= 15 is 0 Å². The van der Waals surface area contributed by atoms with Gasteiger partial charge in [0.25, 0.3) is 0 Å². The first-order chi connectivity index (χ1) is 21.5. The second-order valence-electron chi connectivity index (χ2n) is 11.1. The topological polar surface area (TPSA) is 170 Å². The van der Waals surface area contributed by atoms with Crippen LogP contribution in [0.5, 0.6) is 0 Å². The predicted octanol–water partition coefficient (Wildman–Crippen LogP) is 2.18. The van der Waals surface area contributed by atoms with Gasteiger partial charge in [-0.1, -0.05) is 60.7 Å². The molecule has 0 aliphatic carbocycles. The Morgan fingerprint density at radius 3 is 2.32 bits per heavy atom. The average Bonchev–Trinajstić information content (AvgIpc) is 3.76. The normalized spacial score (nSPS) is 22.5. The molecule has 4 N–H and O–H groups in total. The van der Waals surface area contributed by atoms with Gasteiger partial charge in [0.1, 0.15) is 12.2 Å². The number of fused-ring (bicyclic) bond motifs is 1. The summed E-state index contributed by atoms with van der Waals surface area (Å²) in [7, 11) is 1.62. The quantitative estimate of drug-likeness (QED) is 0.195. The molecule has 44 heavy (non-hydrogen) atoms. The second kappa shape index (κ2) is 12.2. The molecule has 5 aromatic rings. The van der Waals surface area contributed by atoms with Gasteiger partial charge in [-0.15, -0.1) is 10.2 Å². The summed E-state index contributed by atoms with van der Waals surface area (Å²) in [5.41, 5.74) is 3.29. The number of aliphatic hydroxyl groups excluding tert-OH is 2. The summed E-state index contributed by atoms with van der Waals surface area (Å²) < 4.78 is 13.3. The molecule has 0 saturated carbocycles. The van der Waals surface area contributed by atoms with E-state index in [2.05, 4.69) is 55.3 Å². The van der Waals surface area contributed by atoms with Gasteiger partial charge < -0.3 is 30.3 Å². The van der Waals surface area contributed by atoms with Crippen LogP contribution in [0, 0.1) is 0 Å². The highest BCUT2D eigenvalue weighted by Gasteiger charge is 2.47. The molecule has 2 aliphatic rings. The van der Waals surface area contributed by atoms with Crippen LogP contribution in [0.4, 0.5) is 11.8 Å². The molecule has 3 aromatic heterocycles. The number of tetrazole rings is 1. The fourth-order valence-electron chi connectivity index (χ4n) is 5.83. The van der Waals surface area contributed by atoms with Gasteiger partial charge in [0.05, 0.1) is 13.4 Å². The molecule has 2 aliphatic heterocycles. The van der Waals surface area contributed by atoms with Gasteiger partial charge in [-0.25, -0.2) is 4.98 Å². The van der Waals surface area contributed by atoms with E-state index in [-0.39, 0.29) is 17.8 Å². The lowest BCUT2D eigenvalue weighted by Gasteiger charge is -2.24. The molecule has 0 amide bonds. The Hall–Kier alpha value is -4.50. The number of nitrogens with one attached hydrogen (secondary N) is 2. The van der Waals surface area contributed by atoms with Crippen molar-refractivity contribution < 1.29 is 19.7 Å². The van der Waals surface area contributed by atoms with Gasteiger partial charge >= 0.3 is 0 Å². The minimum Gasteiger partial charge on any atom is -0.387 e. The molecular formula is C30H34N10O4. The molecular weight excluding hydrogens is 564 g/mol. The largest absolute Gasteiger partial charge is 0.387 e. The fraction of sp³-hybridized carbons (Fsp3) is 0.400. The van der Waals surface area contributed by atoms with E-state index in [9.17, 15) is 10.2 Å². The first-order valence-electron chi connectivity index (χ1n) is 14.7. The Bertz CT molecular complexity index is 1650. The van der Waals surface area contributed by atoms with Crippen molar-refractivity contribution in [3.8, 4) is 0 Å². The molecule has 5 heterocycles.